The summed E-state index contributed by atoms with van der Waals surface area (Å²) < 4.78 is 0. The summed E-state index contributed by atoms with van der Waals surface area (Å²) in [6, 6.07) is 3.62. The summed E-state index contributed by atoms with van der Waals surface area (Å²) in [5.41, 5.74) is 7.03. The van der Waals surface area contributed by atoms with Crippen molar-refractivity contribution in [1.82, 2.24) is 4.98 Å². The fourth-order valence-electron chi connectivity index (χ4n) is 0.742. The Morgan fingerprint density at radius 3 is 2.82 bits per heavy atom. The van der Waals surface area contributed by atoms with Crippen LogP contribution in [0.5, 0.6) is 0 Å². The summed E-state index contributed by atoms with van der Waals surface area (Å²) in [7, 11) is 0. The van der Waals surface area contributed by atoms with Crippen molar-refractivity contribution in [3.8, 4) is 0 Å². The zero-order valence-corrected chi connectivity index (χ0v) is 6.84. The van der Waals surface area contributed by atoms with Crippen molar-refractivity contribution in [3.05, 3.63) is 29.6 Å². The number of aliphatic hydroxyl groups excluding tert-OH is 1. The van der Waals surface area contributed by atoms with Gasteiger partial charge in [0, 0.05) is 12.7 Å². The van der Waals surface area contributed by atoms with Crippen LogP contribution < -0.4 is 5.73 Å². The van der Waals surface area contributed by atoms with Crippen molar-refractivity contribution >= 4 is 12.4 Å². The van der Waals surface area contributed by atoms with Crippen LogP contribution in [0.25, 0.3) is 0 Å². The summed E-state index contributed by atoms with van der Waals surface area (Å²) in [6.45, 7) is 0.476. The number of aromatic nitrogens is 1. The van der Waals surface area contributed by atoms with Gasteiger partial charge in [0.15, 0.2) is 0 Å². The fraction of sp³-hybridized carbons (Fsp3) is 0.286. The van der Waals surface area contributed by atoms with E-state index in [2.05, 4.69) is 4.98 Å². The molecule has 0 radical (unpaired) electrons. The minimum absolute atomic E-state index is 0. The lowest BCUT2D eigenvalue weighted by Crippen LogP contribution is -1.98. The number of aliphatic hydroxyl groups is 1. The molecule has 0 fully saturated rings. The van der Waals surface area contributed by atoms with E-state index in [4.69, 9.17) is 10.8 Å². The van der Waals surface area contributed by atoms with Gasteiger partial charge in [-0.1, -0.05) is 0 Å². The molecular weight excluding hydrogens is 164 g/mol. The Kier molecular flexibility index (Phi) is 4.77. The molecule has 0 saturated carbocycles. The Morgan fingerprint density at radius 1 is 1.55 bits per heavy atom. The molecule has 11 heavy (non-hydrogen) atoms. The highest BCUT2D eigenvalue weighted by Gasteiger charge is 1.91. The van der Waals surface area contributed by atoms with Crippen molar-refractivity contribution in [2.45, 2.75) is 13.2 Å². The summed E-state index contributed by atoms with van der Waals surface area (Å²) in [5.74, 6) is 0. The van der Waals surface area contributed by atoms with Crippen molar-refractivity contribution in [1.29, 1.82) is 0 Å². The van der Waals surface area contributed by atoms with Crippen molar-refractivity contribution in [2.24, 2.45) is 5.73 Å². The largest absolute Gasteiger partial charge is 0.390 e. The number of nitrogens with zero attached hydrogens (tertiary/aromatic N) is 1. The van der Waals surface area contributed by atoms with Gasteiger partial charge in [0.25, 0.3) is 0 Å². The minimum Gasteiger partial charge on any atom is -0.390 e. The molecular formula is C7H11ClN2O. The first-order valence-corrected chi connectivity index (χ1v) is 3.11. The molecule has 1 rings (SSSR count). The zero-order chi connectivity index (χ0) is 7.40. The van der Waals surface area contributed by atoms with Gasteiger partial charge in [0.05, 0.1) is 12.3 Å². The molecule has 0 aliphatic carbocycles. The molecule has 0 atom stereocenters. The molecule has 62 valence electrons. The molecule has 0 spiro atoms. The van der Waals surface area contributed by atoms with E-state index in [1.54, 1.807) is 12.3 Å². The maximum absolute atomic E-state index is 8.65. The summed E-state index contributed by atoms with van der Waals surface area (Å²) in [5, 5.41) is 8.65. The van der Waals surface area contributed by atoms with Crippen molar-refractivity contribution in [3.63, 3.8) is 0 Å². The molecule has 3 N–H and O–H groups in total. The maximum atomic E-state index is 8.65. The van der Waals surface area contributed by atoms with E-state index in [-0.39, 0.29) is 19.0 Å². The van der Waals surface area contributed by atoms with Gasteiger partial charge < -0.3 is 10.8 Å². The van der Waals surface area contributed by atoms with Gasteiger partial charge in [-0.25, -0.2) is 0 Å². The highest BCUT2D eigenvalue weighted by atomic mass is 35.5. The number of halogens is 1. The third-order valence-corrected chi connectivity index (χ3v) is 1.28. The van der Waals surface area contributed by atoms with Crippen LogP contribution in [-0.2, 0) is 13.2 Å². The zero-order valence-electron chi connectivity index (χ0n) is 6.03. The first kappa shape index (κ1) is 10.4. The molecule has 0 aliphatic rings. The molecule has 0 aliphatic heterocycles. The van der Waals surface area contributed by atoms with Crippen LogP contribution >= 0.6 is 12.4 Å². The van der Waals surface area contributed by atoms with E-state index in [1.165, 1.54) is 0 Å². The van der Waals surface area contributed by atoms with E-state index in [0.29, 0.717) is 12.2 Å². The van der Waals surface area contributed by atoms with Gasteiger partial charge >= 0.3 is 0 Å². The molecule has 1 heterocycles. The van der Waals surface area contributed by atoms with Crippen molar-refractivity contribution < 1.29 is 5.11 Å². The van der Waals surface area contributed by atoms with Crippen LogP contribution in [0.1, 0.15) is 11.3 Å². The standard InChI is InChI=1S/C7H10N2O.ClH/c8-4-6-1-2-9-7(3-6)5-10;/h1-3,10H,4-5,8H2;1H. The average molecular weight is 175 g/mol. The minimum atomic E-state index is -0.0200. The second-order valence-electron chi connectivity index (χ2n) is 2.02. The second kappa shape index (κ2) is 5.07. The molecule has 1 aromatic heterocycles. The molecule has 0 saturated heterocycles. The monoisotopic (exact) mass is 174 g/mol. The van der Waals surface area contributed by atoms with E-state index in [0.717, 1.165) is 5.56 Å². The Labute approximate surface area is 71.7 Å². The highest BCUT2D eigenvalue weighted by molar-refractivity contribution is 5.85. The quantitative estimate of drug-likeness (QED) is 0.685. The number of hydrogen-bond acceptors (Lipinski definition) is 3. The van der Waals surface area contributed by atoms with Crippen LogP contribution in [-0.4, -0.2) is 10.1 Å². The normalized spacial score (nSPS) is 8.91. The second-order valence-corrected chi connectivity index (χ2v) is 2.02. The predicted octanol–water partition coefficient (Wildman–Crippen LogP) is 0.454. The Balaban J connectivity index is 0.000001000. The molecule has 0 amide bonds. The smallest absolute Gasteiger partial charge is 0.0853 e. The van der Waals surface area contributed by atoms with E-state index < -0.39 is 0 Å². The molecule has 0 aromatic carbocycles. The van der Waals surface area contributed by atoms with E-state index in [1.807, 2.05) is 6.07 Å². The van der Waals surface area contributed by atoms with Gasteiger partial charge in [-0.2, -0.15) is 0 Å². The summed E-state index contributed by atoms with van der Waals surface area (Å²) in [4.78, 5) is 3.90. The number of rotatable bonds is 2. The van der Waals surface area contributed by atoms with Gasteiger partial charge in [0.2, 0.25) is 0 Å². The summed E-state index contributed by atoms with van der Waals surface area (Å²) >= 11 is 0. The lowest BCUT2D eigenvalue weighted by Gasteiger charge is -1.97. The molecule has 1 aromatic rings. The third-order valence-electron chi connectivity index (χ3n) is 1.28. The van der Waals surface area contributed by atoms with E-state index in [9.17, 15) is 0 Å². The SMILES string of the molecule is Cl.NCc1ccnc(CO)c1. The highest BCUT2D eigenvalue weighted by Crippen LogP contribution is 1.99. The van der Waals surface area contributed by atoms with Crippen LogP contribution in [0.2, 0.25) is 0 Å². The van der Waals surface area contributed by atoms with Gasteiger partial charge in [-0.15, -0.1) is 12.4 Å². The first-order chi connectivity index (χ1) is 4.86. The van der Waals surface area contributed by atoms with Crippen LogP contribution in [0.4, 0.5) is 0 Å². The number of pyridine rings is 1. The number of hydrogen-bond donors (Lipinski definition) is 2. The molecule has 0 bridgehead atoms. The topological polar surface area (TPSA) is 59.1 Å². The fourth-order valence-corrected chi connectivity index (χ4v) is 0.742. The third kappa shape index (κ3) is 2.84. The van der Waals surface area contributed by atoms with E-state index >= 15 is 0 Å². The lowest BCUT2D eigenvalue weighted by atomic mass is 10.2. The Bertz CT molecular complexity index is 198. The van der Waals surface area contributed by atoms with Crippen molar-refractivity contribution in [2.75, 3.05) is 0 Å². The van der Waals surface area contributed by atoms with Crippen LogP contribution in [0, 0.1) is 0 Å². The predicted molar refractivity (Wildman–Crippen MR) is 45.3 cm³/mol. The van der Waals surface area contributed by atoms with Gasteiger partial charge in [-0.05, 0) is 17.7 Å². The molecule has 4 heteroatoms. The van der Waals surface area contributed by atoms with Crippen LogP contribution in [0.3, 0.4) is 0 Å². The van der Waals surface area contributed by atoms with Gasteiger partial charge in [0.1, 0.15) is 0 Å². The first-order valence-electron chi connectivity index (χ1n) is 3.11. The van der Waals surface area contributed by atoms with Gasteiger partial charge in [-0.3, -0.25) is 4.98 Å². The number of nitrogens with two attached hydrogens (primary N) is 1. The summed E-state index contributed by atoms with van der Waals surface area (Å²) in [6.07, 6.45) is 1.65. The average Bonchev–Trinajstić information content (AvgIpc) is 2.05. The maximum Gasteiger partial charge on any atom is 0.0853 e. The Morgan fingerprint density at radius 2 is 2.27 bits per heavy atom. The Hall–Kier alpha value is -0.640. The molecule has 0 unspecified atom stereocenters. The lowest BCUT2D eigenvalue weighted by molar-refractivity contribution is 0.276. The van der Waals surface area contributed by atoms with Crippen LogP contribution in [0.15, 0.2) is 18.3 Å². The molecule has 3 nitrogen and oxygen atoms in total.